The lowest BCUT2D eigenvalue weighted by atomic mass is 10.2. The molecule has 3 rings (SSSR count). The van der Waals surface area contributed by atoms with Crippen LogP contribution in [0.5, 0.6) is 0 Å². The van der Waals surface area contributed by atoms with Crippen molar-refractivity contribution >= 4 is 27.2 Å². The van der Waals surface area contributed by atoms with Crippen molar-refractivity contribution in [3.8, 4) is 0 Å². The summed E-state index contributed by atoms with van der Waals surface area (Å²) in [4.78, 5) is 40.8. The summed E-state index contributed by atoms with van der Waals surface area (Å²) in [6, 6.07) is 14.3. The van der Waals surface area contributed by atoms with Crippen molar-refractivity contribution in [1.82, 2.24) is 9.55 Å². The smallest absolute Gasteiger partial charge is 0.330 e. The number of benzene rings is 2. The van der Waals surface area contributed by atoms with Crippen LogP contribution in [0.4, 0.5) is 11.5 Å². The summed E-state index contributed by atoms with van der Waals surface area (Å²) >= 11 is 0. The number of H-pyrrole nitrogens is 1. The van der Waals surface area contributed by atoms with Crippen molar-refractivity contribution in [2.75, 3.05) is 23.9 Å². The highest BCUT2D eigenvalue weighted by atomic mass is 32.2. The van der Waals surface area contributed by atoms with E-state index in [0.29, 0.717) is 0 Å². The third-order valence-corrected chi connectivity index (χ3v) is 5.70. The van der Waals surface area contributed by atoms with Gasteiger partial charge >= 0.3 is 5.69 Å². The van der Waals surface area contributed by atoms with E-state index in [1.165, 1.54) is 35.9 Å². The predicted molar refractivity (Wildman–Crippen MR) is 114 cm³/mol. The molecular weight excluding hydrogens is 408 g/mol. The third-order valence-electron chi connectivity index (χ3n) is 4.57. The number of nitrogens with one attached hydrogen (secondary N) is 1. The summed E-state index contributed by atoms with van der Waals surface area (Å²) in [5, 5.41) is 0. The standard InChI is InChI=1S/C20H20N4O5S/c1-23(19(26)14-8-10-15(11-9-14)30(2,28)29)16-17(21)24(20(27)22-18(16)25)12-13-6-4-3-5-7-13/h3-11H,12,21H2,1-2H3,(H,22,25,27). The molecule has 10 heteroatoms. The van der Waals surface area contributed by atoms with Crippen molar-refractivity contribution in [2.45, 2.75) is 11.4 Å². The molecule has 0 unspecified atom stereocenters. The second-order valence-corrected chi connectivity index (χ2v) is 8.74. The summed E-state index contributed by atoms with van der Waals surface area (Å²) in [5.41, 5.74) is 5.37. The van der Waals surface area contributed by atoms with Gasteiger partial charge in [0.1, 0.15) is 5.82 Å². The quantitative estimate of drug-likeness (QED) is 0.618. The Morgan fingerprint density at radius 1 is 1.07 bits per heavy atom. The molecule has 0 saturated heterocycles. The number of nitrogens with two attached hydrogens (primary N) is 1. The largest absolute Gasteiger partial charge is 0.383 e. The monoisotopic (exact) mass is 428 g/mol. The van der Waals surface area contributed by atoms with Crippen molar-refractivity contribution in [1.29, 1.82) is 0 Å². The maximum absolute atomic E-state index is 12.8. The zero-order valence-electron chi connectivity index (χ0n) is 16.3. The molecule has 3 aromatic rings. The molecule has 0 aliphatic rings. The van der Waals surface area contributed by atoms with Crippen LogP contribution in [0.25, 0.3) is 0 Å². The average Bonchev–Trinajstić information content (AvgIpc) is 2.70. The second kappa shape index (κ2) is 7.99. The normalized spacial score (nSPS) is 11.3. The van der Waals surface area contributed by atoms with Crippen LogP contribution in [0.3, 0.4) is 0 Å². The third kappa shape index (κ3) is 4.18. The zero-order chi connectivity index (χ0) is 22.1. The highest BCUT2D eigenvalue weighted by molar-refractivity contribution is 7.90. The lowest BCUT2D eigenvalue weighted by Gasteiger charge is -2.20. The Morgan fingerprint density at radius 2 is 1.67 bits per heavy atom. The van der Waals surface area contributed by atoms with E-state index >= 15 is 0 Å². The van der Waals surface area contributed by atoms with Gasteiger partial charge in [-0.1, -0.05) is 30.3 Å². The second-order valence-electron chi connectivity index (χ2n) is 6.73. The number of hydrogen-bond acceptors (Lipinski definition) is 6. The van der Waals surface area contributed by atoms with Crippen LogP contribution in [0, 0.1) is 0 Å². The van der Waals surface area contributed by atoms with E-state index < -0.39 is 27.0 Å². The average molecular weight is 428 g/mol. The zero-order valence-corrected chi connectivity index (χ0v) is 17.1. The van der Waals surface area contributed by atoms with Crippen LogP contribution in [0.2, 0.25) is 0 Å². The van der Waals surface area contributed by atoms with Crippen LogP contribution < -0.4 is 21.9 Å². The molecule has 1 amide bonds. The molecule has 0 fully saturated rings. The highest BCUT2D eigenvalue weighted by Gasteiger charge is 2.22. The maximum Gasteiger partial charge on any atom is 0.330 e. The number of amides is 1. The Bertz CT molecular complexity index is 1310. The first-order valence-electron chi connectivity index (χ1n) is 8.84. The van der Waals surface area contributed by atoms with Gasteiger partial charge in [-0.15, -0.1) is 0 Å². The Kier molecular flexibility index (Phi) is 5.61. The molecule has 3 N–H and O–H groups in total. The van der Waals surface area contributed by atoms with Gasteiger partial charge in [-0.3, -0.25) is 19.1 Å². The first kappa shape index (κ1) is 21.1. The molecule has 0 spiro atoms. The lowest BCUT2D eigenvalue weighted by molar-refractivity contribution is 0.0992. The van der Waals surface area contributed by atoms with Gasteiger partial charge in [0.05, 0.1) is 11.4 Å². The van der Waals surface area contributed by atoms with Crippen molar-refractivity contribution < 1.29 is 13.2 Å². The molecule has 0 radical (unpaired) electrons. The lowest BCUT2D eigenvalue weighted by Crippen LogP contribution is -2.39. The molecule has 0 atom stereocenters. The summed E-state index contributed by atoms with van der Waals surface area (Å²) in [6.07, 6.45) is 1.06. The molecule has 2 aromatic carbocycles. The fraction of sp³-hybridized carbons (Fsp3) is 0.150. The number of aromatic nitrogens is 2. The van der Waals surface area contributed by atoms with E-state index in [1.807, 2.05) is 6.07 Å². The SMILES string of the molecule is CN(C(=O)c1ccc(S(C)(=O)=O)cc1)c1c(N)n(Cc2ccccc2)c(=O)[nH]c1=O. The number of rotatable bonds is 5. The van der Waals surface area contributed by atoms with Crippen LogP contribution in [0.1, 0.15) is 15.9 Å². The number of hydrogen-bond donors (Lipinski definition) is 2. The van der Waals surface area contributed by atoms with E-state index in [4.69, 9.17) is 5.73 Å². The molecule has 0 saturated carbocycles. The van der Waals surface area contributed by atoms with Crippen molar-refractivity contribution in [3.05, 3.63) is 86.6 Å². The molecule has 9 nitrogen and oxygen atoms in total. The van der Waals surface area contributed by atoms with Gasteiger partial charge in [0.15, 0.2) is 15.5 Å². The minimum Gasteiger partial charge on any atom is -0.383 e. The first-order chi connectivity index (χ1) is 14.1. The highest BCUT2D eigenvalue weighted by Crippen LogP contribution is 2.19. The number of nitrogens with zero attached hydrogens (tertiary/aromatic N) is 2. The van der Waals surface area contributed by atoms with Gasteiger partial charge in [-0.25, -0.2) is 13.2 Å². The van der Waals surface area contributed by atoms with Crippen LogP contribution in [-0.2, 0) is 16.4 Å². The van der Waals surface area contributed by atoms with E-state index in [0.717, 1.165) is 16.7 Å². The van der Waals surface area contributed by atoms with Gasteiger partial charge in [0.2, 0.25) is 0 Å². The molecule has 0 bridgehead atoms. The molecular formula is C20H20N4O5S. The van der Waals surface area contributed by atoms with E-state index in [-0.39, 0.29) is 28.5 Å². The minimum atomic E-state index is -3.41. The van der Waals surface area contributed by atoms with Gasteiger partial charge in [0, 0.05) is 18.9 Å². The van der Waals surface area contributed by atoms with E-state index in [9.17, 15) is 22.8 Å². The van der Waals surface area contributed by atoms with Crippen molar-refractivity contribution in [2.24, 2.45) is 0 Å². The van der Waals surface area contributed by atoms with Gasteiger partial charge in [0.25, 0.3) is 11.5 Å². The number of aromatic amines is 1. The van der Waals surface area contributed by atoms with E-state index in [2.05, 4.69) is 4.98 Å². The first-order valence-corrected chi connectivity index (χ1v) is 10.7. The topological polar surface area (TPSA) is 135 Å². The number of sulfone groups is 1. The van der Waals surface area contributed by atoms with E-state index in [1.54, 1.807) is 24.3 Å². The fourth-order valence-electron chi connectivity index (χ4n) is 2.96. The molecule has 30 heavy (non-hydrogen) atoms. The molecule has 1 aromatic heterocycles. The molecule has 1 heterocycles. The summed E-state index contributed by atoms with van der Waals surface area (Å²) in [5.74, 6) is -0.742. The fourth-order valence-corrected chi connectivity index (χ4v) is 3.59. The minimum absolute atomic E-state index is 0.0653. The summed E-state index contributed by atoms with van der Waals surface area (Å²) < 4.78 is 24.3. The number of anilines is 2. The molecule has 0 aliphatic carbocycles. The Labute approximate surface area is 172 Å². The van der Waals surface area contributed by atoms with Crippen LogP contribution in [-0.4, -0.2) is 37.2 Å². The number of carbonyl (C=O) groups excluding carboxylic acids is 1. The Morgan fingerprint density at radius 3 is 2.23 bits per heavy atom. The summed E-state index contributed by atoms with van der Waals surface area (Å²) in [7, 11) is -2.06. The molecule has 156 valence electrons. The Hall–Kier alpha value is -3.66. The number of nitrogen functional groups attached to an aromatic ring is 1. The Balaban J connectivity index is 2.00. The van der Waals surface area contributed by atoms with Gasteiger partial charge in [-0.2, -0.15) is 0 Å². The van der Waals surface area contributed by atoms with Crippen LogP contribution in [0.15, 0.2) is 69.1 Å². The van der Waals surface area contributed by atoms with Crippen LogP contribution >= 0.6 is 0 Å². The van der Waals surface area contributed by atoms with Crippen molar-refractivity contribution in [3.63, 3.8) is 0 Å². The maximum atomic E-state index is 12.8. The van der Waals surface area contributed by atoms with Gasteiger partial charge in [-0.05, 0) is 29.8 Å². The predicted octanol–water partition coefficient (Wildman–Crippen LogP) is 0.847. The summed E-state index contributed by atoms with van der Waals surface area (Å²) in [6.45, 7) is 0.111. The van der Waals surface area contributed by atoms with Gasteiger partial charge < -0.3 is 10.6 Å². The number of carbonyl (C=O) groups is 1. The molecule has 0 aliphatic heterocycles.